The van der Waals surface area contributed by atoms with Gasteiger partial charge in [0, 0.05) is 11.3 Å². The van der Waals surface area contributed by atoms with Gasteiger partial charge in [-0.25, -0.2) is 0 Å². The van der Waals surface area contributed by atoms with Crippen LogP contribution in [-0.4, -0.2) is 17.0 Å². The van der Waals surface area contributed by atoms with E-state index in [9.17, 15) is 9.59 Å². The monoisotopic (exact) mass is 337 g/mol. The number of allylic oxidation sites excluding steroid dienone is 3. The maximum atomic E-state index is 12.0. The van der Waals surface area contributed by atoms with Gasteiger partial charge in [-0.3, -0.25) is 9.59 Å². The molecule has 0 aliphatic carbocycles. The molecule has 0 fully saturated rings. The van der Waals surface area contributed by atoms with Crippen molar-refractivity contribution in [3.8, 4) is 0 Å². The average molecular weight is 338 g/mol. The van der Waals surface area contributed by atoms with Crippen LogP contribution in [-0.2, 0) is 4.79 Å². The molecule has 4 nitrogen and oxygen atoms in total. The lowest BCUT2D eigenvalue weighted by Gasteiger charge is -2.08. The first-order valence-electron chi connectivity index (χ1n) is 6.08. The molecule has 0 spiro atoms. The maximum Gasteiger partial charge on any atom is 0.309 e. The van der Waals surface area contributed by atoms with Crippen LogP contribution in [0.4, 0.5) is 0 Å². The summed E-state index contributed by atoms with van der Waals surface area (Å²) in [4.78, 5) is 22.8. The van der Waals surface area contributed by atoms with Crippen molar-refractivity contribution in [2.45, 2.75) is 19.8 Å². The molecule has 0 aromatic heterocycles. The van der Waals surface area contributed by atoms with Crippen LogP contribution >= 0.6 is 15.9 Å². The van der Waals surface area contributed by atoms with Crippen LogP contribution in [0.3, 0.4) is 0 Å². The standard InChI is InChI=1S/C15H16BrNO3/c1-11(16)6-5-9-13(10-14(18)19)17-15(20)12-7-3-2-4-8-12/h2-4,6-9H,5,10H2,1H3,(H,17,20)(H,18,19)/b11-6+,13-9+. The van der Waals surface area contributed by atoms with Gasteiger partial charge in [-0.2, -0.15) is 0 Å². The van der Waals surface area contributed by atoms with E-state index >= 15 is 0 Å². The van der Waals surface area contributed by atoms with Crippen molar-refractivity contribution < 1.29 is 14.7 Å². The zero-order valence-electron chi connectivity index (χ0n) is 11.1. The highest BCUT2D eigenvalue weighted by Gasteiger charge is 2.09. The summed E-state index contributed by atoms with van der Waals surface area (Å²) in [6.45, 7) is 1.88. The molecule has 0 bridgehead atoms. The molecule has 0 radical (unpaired) electrons. The molecular formula is C15H16BrNO3. The lowest BCUT2D eigenvalue weighted by atomic mass is 10.2. The Hall–Kier alpha value is -1.88. The Labute approximate surface area is 126 Å². The number of halogens is 1. The summed E-state index contributed by atoms with van der Waals surface area (Å²) in [5.74, 6) is -1.29. The topological polar surface area (TPSA) is 66.4 Å². The van der Waals surface area contributed by atoms with Gasteiger partial charge in [-0.05, 0) is 30.0 Å². The van der Waals surface area contributed by atoms with E-state index in [1.165, 1.54) is 0 Å². The van der Waals surface area contributed by atoms with Crippen molar-refractivity contribution in [1.82, 2.24) is 5.32 Å². The summed E-state index contributed by atoms with van der Waals surface area (Å²) in [6, 6.07) is 8.68. The molecule has 1 aromatic rings. The molecule has 20 heavy (non-hydrogen) atoms. The minimum atomic E-state index is -0.982. The van der Waals surface area contributed by atoms with E-state index in [0.29, 0.717) is 17.7 Å². The van der Waals surface area contributed by atoms with Crippen LogP contribution in [0, 0.1) is 0 Å². The number of amides is 1. The summed E-state index contributed by atoms with van der Waals surface area (Å²) >= 11 is 3.29. The van der Waals surface area contributed by atoms with Crippen LogP contribution in [0.1, 0.15) is 30.1 Å². The van der Waals surface area contributed by atoms with Gasteiger partial charge in [0.1, 0.15) is 0 Å². The molecule has 0 unspecified atom stereocenters. The molecule has 0 aliphatic heterocycles. The van der Waals surface area contributed by atoms with E-state index in [1.807, 2.05) is 19.1 Å². The van der Waals surface area contributed by atoms with Crippen molar-refractivity contribution in [3.63, 3.8) is 0 Å². The highest BCUT2D eigenvalue weighted by atomic mass is 79.9. The van der Waals surface area contributed by atoms with Crippen molar-refractivity contribution in [2.75, 3.05) is 0 Å². The van der Waals surface area contributed by atoms with Gasteiger partial charge in [0.25, 0.3) is 5.91 Å². The Morgan fingerprint density at radius 1 is 1.25 bits per heavy atom. The fraction of sp³-hybridized carbons (Fsp3) is 0.200. The van der Waals surface area contributed by atoms with Crippen LogP contribution in [0.5, 0.6) is 0 Å². The molecule has 0 saturated carbocycles. The molecule has 0 saturated heterocycles. The number of hydrogen-bond donors (Lipinski definition) is 2. The number of carboxylic acids is 1. The third-order valence-electron chi connectivity index (χ3n) is 2.42. The van der Waals surface area contributed by atoms with E-state index in [4.69, 9.17) is 5.11 Å². The predicted molar refractivity (Wildman–Crippen MR) is 81.5 cm³/mol. The Balaban J connectivity index is 2.76. The summed E-state index contributed by atoms with van der Waals surface area (Å²) in [5.41, 5.74) is 0.882. The first-order chi connectivity index (χ1) is 9.49. The predicted octanol–water partition coefficient (Wildman–Crippen LogP) is 3.46. The number of carbonyl (C=O) groups is 2. The molecule has 0 atom stereocenters. The van der Waals surface area contributed by atoms with E-state index in [0.717, 1.165) is 4.48 Å². The summed E-state index contributed by atoms with van der Waals surface area (Å²) < 4.78 is 0.956. The molecule has 0 heterocycles. The van der Waals surface area contributed by atoms with Gasteiger partial charge in [-0.1, -0.05) is 46.3 Å². The largest absolute Gasteiger partial charge is 0.481 e. The van der Waals surface area contributed by atoms with Crippen molar-refractivity contribution in [3.05, 3.63) is 58.2 Å². The number of aliphatic carboxylic acids is 1. The van der Waals surface area contributed by atoms with Crippen LogP contribution in [0.2, 0.25) is 0 Å². The lowest BCUT2D eigenvalue weighted by Crippen LogP contribution is -2.24. The Bertz CT molecular complexity index is 531. The maximum absolute atomic E-state index is 12.0. The summed E-state index contributed by atoms with van der Waals surface area (Å²) in [5, 5.41) is 11.5. The molecule has 2 N–H and O–H groups in total. The van der Waals surface area contributed by atoms with Gasteiger partial charge in [0.15, 0.2) is 0 Å². The minimum absolute atomic E-state index is 0.215. The zero-order valence-corrected chi connectivity index (χ0v) is 12.7. The smallest absolute Gasteiger partial charge is 0.309 e. The molecule has 5 heteroatoms. The van der Waals surface area contributed by atoms with Crippen LogP contribution in [0.25, 0.3) is 0 Å². The second kappa shape index (κ2) is 8.32. The van der Waals surface area contributed by atoms with Crippen LogP contribution < -0.4 is 5.32 Å². The summed E-state index contributed by atoms with van der Waals surface area (Å²) in [7, 11) is 0. The SMILES string of the molecule is C/C(Br)=C\C/C=C(\CC(=O)O)NC(=O)c1ccccc1. The van der Waals surface area contributed by atoms with Gasteiger partial charge < -0.3 is 10.4 Å². The number of rotatable bonds is 6. The van der Waals surface area contributed by atoms with Crippen molar-refractivity contribution >= 4 is 27.8 Å². The average Bonchev–Trinajstić information content (AvgIpc) is 2.38. The fourth-order valence-corrected chi connectivity index (χ4v) is 1.69. The normalized spacial score (nSPS) is 12.1. The first-order valence-corrected chi connectivity index (χ1v) is 6.88. The Morgan fingerprint density at radius 3 is 2.45 bits per heavy atom. The minimum Gasteiger partial charge on any atom is -0.481 e. The van der Waals surface area contributed by atoms with E-state index in [1.54, 1.807) is 30.3 Å². The number of carbonyl (C=O) groups excluding carboxylic acids is 1. The molecule has 1 aromatic carbocycles. The Morgan fingerprint density at radius 2 is 1.90 bits per heavy atom. The quantitative estimate of drug-likeness (QED) is 0.835. The third-order valence-corrected chi connectivity index (χ3v) is 2.74. The Kier molecular flexibility index (Phi) is 6.73. The van der Waals surface area contributed by atoms with Gasteiger partial charge in [0.2, 0.25) is 0 Å². The molecule has 106 valence electrons. The van der Waals surface area contributed by atoms with E-state index in [-0.39, 0.29) is 12.3 Å². The number of nitrogens with one attached hydrogen (secondary N) is 1. The molecule has 1 rings (SSSR count). The fourth-order valence-electron chi connectivity index (χ4n) is 1.50. The van der Waals surface area contributed by atoms with Crippen molar-refractivity contribution in [1.29, 1.82) is 0 Å². The molecular weight excluding hydrogens is 322 g/mol. The second-order valence-electron chi connectivity index (χ2n) is 4.15. The lowest BCUT2D eigenvalue weighted by molar-refractivity contribution is -0.136. The highest BCUT2D eigenvalue weighted by molar-refractivity contribution is 9.11. The number of hydrogen-bond acceptors (Lipinski definition) is 2. The van der Waals surface area contributed by atoms with Gasteiger partial charge in [0.05, 0.1) is 6.42 Å². The van der Waals surface area contributed by atoms with Gasteiger partial charge >= 0.3 is 5.97 Å². The number of benzene rings is 1. The van der Waals surface area contributed by atoms with Gasteiger partial charge in [-0.15, -0.1) is 0 Å². The first kappa shape index (κ1) is 16.2. The van der Waals surface area contributed by atoms with Crippen molar-refractivity contribution in [2.24, 2.45) is 0 Å². The summed E-state index contributed by atoms with van der Waals surface area (Å²) in [6.07, 6.45) is 3.92. The van der Waals surface area contributed by atoms with Crippen LogP contribution in [0.15, 0.2) is 52.7 Å². The molecule has 1 amide bonds. The van der Waals surface area contributed by atoms with E-state index < -0.39 is 5.97 Å². The third kappa shape index (κ3) is 6.33. The highest BCUT2D eigenvalue weighted by Crippen LogP contribution is 2.07. The second-order valence-corrected chi connectivity index (χ2v) is 5.40. The molecule has 0 aliphatic rings. The zero-order chi connectivity index (χ0) is 15.0. The number of carboxylic acid groups (broad SMARTS) is 1. The van der Waals surface area contributed by atoms with E-state index in [2.05, 4.69) is 21.2 Å².